The van der Waals surface area contributed by atoms with E-state index < -0.39 is 23.0 Å². The summed E-state index contributed by atoms with van der Waals surface area (Å²) in [6, 6.07) is 3.35. The summed E-state index contributed by atoms with van der Waals surface area (Å²) in [4.78, 5) is 10.5. The molecule has 2 rings (SSSR count). The number of ether oxygens (including phenoxy) is 1. The molecule has 0 saturated carbocycles. The van der Waals surface area contributed by atoms with Gasteiger partial charge in [0.05, 0.1) is 13.2 Å². The van der Waals surface area contributed by atoms with Crippen LogP contribution in [-0.4, -0.2) is 24.3 Å². The standard InChI is InChI=1S/C13H14F2O3/c14-9-3-4-11(15)10(6-9)13(7-18-8-13)5-1-2-12(16)17/h3-4,6H,1-2,5,7-8H2,(H,16,17). The van der Waals surface area contributed by atoms with Crippen LogP contribution in [0.5, 0.6) is 0 Å². The molecular weight excluding hydrogens is 242 g/mol. The Balaban J connectivity index is 2.16. The van der Waals surface area contributed by atoms with Gasteiger partial charge >= 0.3 is 5.97 Å². The summed E-state index contributed by atoms with van der Waals surface area (Å²) in [5.41, 5.74) is -0.277. The Morgan fingerprint density at radius 1 is 1.39 bits per heavy atom. The van der Waals surface area contributed by atoms with Crippen molar-refractivity contribution in [2.75, 3.05) is 13.2 Å². The normalized spacial score (nSPS) is 17.2. The molecule has 0 atom stereocenters. The maximum Gasteiger partial charge on any atom is 0.303 e. The van der Waals surface area contributed by atoms with E-state index >= 15 is 0 Å². The number of carbonyl (C=O) groups is 1. The molecule has 0 unspecified atom stereocenters. The van der Waals surface area contributed by atoms with Crippen LogP contribution in [0.3, 0.4) is 0 Å². The molecule has 98 valence electrons. The summed E-state index contributed by atoms with van der Waals surface area (Å²) >= 11 is 0. The first kappa shape index (κ1) is 13.0. The summed E-state index contributed by atoms with van der Waals surface area (Å²) < 4.78 is 32.0. The van der Waals surface area contributed by atoms with Crippen molar-refractivity contribution < 1.29 is 23.4 Å². The summed E-state index contributed by atoms with van der Waals surface area (Å²) in [7, 11) is 0. The lowest BCUT2D eigenvalue weighted by molar-refractivity contribution is -0.137. The van der Waals surface area contributed by atoms with Gasteiger partial charge < -0.3 is 9.84 Å². The fraction of sp³-hybridized carbons (Fsp3) is 0.462. The van der Waals surface area contributed by atoms with Crippen molar-refractivity contribution in [3.63, 3.8) is 0 Å². The molecule has 0 amide bonds. The van der Waals surface area contributed by atoms with Crippen molar-refractivity contribution in [2.45, 2.75) is 24.7 Å². The van der Waals surface area contributed by atoms with E-state index in [0.717, 1.165) is 12.1 Å². The Morgan fingerprint density at radius 2 is 2.11 bits per heavy atom. The molecule has 0 radical (unpaired) electrons. The van der Waals surface area contributed by atoms with Crippen molar-refractivity contribution >= 4 is 5.97 Å². The Kier molecular flexibility index (Phi) is 3.61. The zero-order valence-corrected chi connectivity index (χ0v) is 9.79. The second-order valence-corrected chi connectivity index (χ2v) is 4.64. The molecule has 1 fully saturated rings. The van der Waals surface area contributed by atoms with E-state index in [1.807, 2.05) is 0 Å². The van der Waals surface area contributed by atoms with Crippen molar-refractivity contribution in [3.8, 4) is 0 Å². The van der Waals surface area contributed by atoms with E-state index in [1.165, 1.54) is 6.07 Å². The number of hydrogen-bond acceptors (Lipinski definition) is 2. The molecule has 3 nitrogen and oxygen atoms in total. The summed E-state index contributed by atoms with van der Waals surface area (Å²) in [6.45, 7) is 0.625. The molecule has 1 saturated heterocycles. The van der Waals surface area contributed by atoms with E-state index in [2.05, 4.69) is 0 Å². The Hall–Kier alpha value is -1.49. The van der Waals surface area contributed by atoms with Gasteiger partial charge in [-0.25, -0.2) is 8.78 Å². The molecule has 0 aliphatic carbocycles. The van der Waals surface area contributed by atoms with Crippen LogP contribution in [0, 0.1) is 11.6 Å². The number of halogens is 2. The minimum Gasteiger partial charge on any atom is -0.481 e. The molecule has 1 aromatic rings. The molecule has 1 aliphatic heterocycles. The van der Waals surface area contributed by atoms with Gasteiger partial charge in [-0.2, -0.15) is 0 Å². The molecular formula is C13H14F2O3. The Labute approximate surface area is 103 Å². The van der Waals surface area contributed by atoms with Crippen LogP contribution in [0.15, 0.2) is 18.2 Å². The number of rotatable bonds is 5. The van der Waals surface area contributed by atoms with Gasteiger partial charge in [0.15, 0.2) is 0 Å². The second-order valence-electron chi connectivity index (χ2n) is 4.64. The highest BCUT2D eigenvalue weighted by Crippen LogP contribution is 2.38. The van der Waals surface area contributed by atoms with Gasteiger partial charge in [0.1, 0.15) is 11.6 Å². The molecule has 0 bridgehead atoms. The van der Waals surface area contributed by atoms with Crippen LogP contribution in [0.25, 0.3) is 0 Å². The van der Waals surface area contributed by atoms with E-state index in [9.17, 15) is 13.6 Å². The predicted octanol–water partition coefficient (Wildman–Crippen LogP) is 2.49. The van der Waals surface area contributed by atoms with Crippen LogP contribution in [-0.2, 0) is 14.9 Å². The highest BCUT2D eigenvalue weighted by molar-refractivity contribution is 5.66. The van der Waals surface area contributed by atoms with Crippen molar-refractivity contribution in [1.29, 1.82) is 0 Å². The molecule has 18 heavy (non-hydrogen) atoms. The van der Waals surface area contributed by atoms with E-state index in [-0.39, 0.29) is 6.42 Å². The lowest BCUT2D eigenvalue weighted by Crippen LogP contribution is -2.47. The van der Waals surface area contributed by atoms with Gasteiger partial charge in [-0.1, -0.05) is 0 Å². The number of benzene rings is 1. The van der Waals surface area contributed by atoms with E-state index in [0.29, 0.717) is 31.6 Å². The average Bonchev–Trinajstić information content (AvgIpc) is 2.25. The molecule has 1 aromatic carbocycles. The lowest BCUT2D eigenvalue weighted by Gasteiger charge is -2.42. The second kappa shape index (κ2) is 5.02. The van der Waals surface area contributed by atoms with Gasteiger partial charge in [0.2, 0.25) is 0 Å². The van der Waals surface area contributed by atoms with Crippen molar-refractivity contribution in [3.05, 3.63) is 35.4 Å². The van der Waals surface area contributed by atoms with Gasteiger partial charge in [-0.15, -0.1) is 0 Å². The number of aliphatic carboxylic acids is 1. The molecule has 0 aromatic heterocycles. The Bertz CT molecular complexity index is 456. The van der Waals surface area contributed by atoms with E-state index in [1.54, 1.807) is 0 Å². The van der Waals surface area contributed by atoms with Crippen molar-refractivity contribution in [2.24, 2.45) is 0 Å². The largest absolute Gasteiger partial charge is 0.481 e. The number of carboxylic acids is 1. The SMILES string of the molecule is O=C(O)CCCC1(c2cc(F)ccc2F)COC1. The summed E-state index contributed by atoms with van der Waals surface area (Å²) in [5, 5.41) is 8.60. The predicted molar refractivity (Wildman–Crippen MR) is 60.3 cm³/mol. The fourth-order valence-corrected chi connectivity index (χ4v) is 2.26. The maximum atomic E-state index is 13.7. The van der Waals surface area contributed by atoms with Gasteiger partial charge in [-0.3, -0.25) is 4.79 Å². The third-order valence-electron chi connectivity index (χ3n) is 3.30. The van der Waals surface area contributed by atoms with Gasteiger partial charge in [-0.05, 0) is 31.0 Å². The highest BCUT2D eigenvalue weighted by Gasteiger charge is 2.41. The zero-order chi connectivity index (χ0) is 13.2. The zero-order valence-electron chi connectivity index (χ0n) is 9.79. The first-order valence-electron chi connectivity index (χ1n) is 5.79. The summed E-state index contributed by atoms with van der Waals surface area (Å²) in [5.74, 6) is -1.84. The van der Waals surface area contributed by atoms with Gasteiger partial charge in [0, 0.05) is 17.4 Å². The fourth-order valence-electron chi connectivity index (χ4n) is 2.26. The topological polar surface area (TPSA) is 46.5 Å². The Morgan fingerprint density at radius 3 is 2.67 bits per heavy atom. The molecule has 1 N–H and O–H groups in total. The summed E-state index contributed by atoms with van der Waals surface area (Å²) in [6.07, 6.45) is 0.938. The smallest absolute Gasteiger partial charge is 0.303 e. The van der Waals surface area contributed by atoms with Crippen LogP contribution >= 0.6 is 0 Å². The van der Waals surface area contributed by atoms with Crippen LogP contribution in [0.2, 0.25) is 0 Å². The van der Waals surface area contributed by atoms with Crippen LogP contribution in [0.1, 0.15) is 24.8 Å². The highest BCUT2D eigenvalue weighted by atomic mass is 19.1. The third-order valence-corrected chi connectivity index (χ3v) is 3.30. The first-order chi connectivity index (χ1) is 8.53. The van der Waals surface area contributed by atoms with Crippen LogP contribution in [0.4, 0.5) is 8.78 Å². The number of hydrogen-bond donors (Lipinski definition) is 1. The minimum atomic E-state index is -0.884. The minimum absolute atomic E-state index is 0.0265. The van der Waals surface area contributed by atoms with Crippen molar-refractivity contribution in [1.82, 2.24) is 0 Å². The lowest BCUT2D eigenvalue weighted by atomic mass is 9.74. The average molecular weight is 256 g/mol. The maximum absolute atomic E-state index is 13.7. The first-order valence-corrected chi connectivity index (χ1v) is 5.79. The number of carboxylic acid groups (broad SMARTS) is 1. The van der Waals surface area contributed by atoms with Gasteiger partial charge in [0.25, 0.3) is 0 Å². The molecule has 1 aliphatic rings. The quantitative estimate of drug-likeness (QED) is 0.880. The van der Waals surface area contributed by atoms with Crippen LogP contribution < -0.4 is 0 Å². The van der Waals surface area contributed by atoms with E-state index in [4.69, 9.17) is 9.84 Å². The molecule has 0 spiro atoms. The molecule has 5 heteroatoms. The monoisotopic (exact) mass is 256 g/mol. The molecule has 1 heterocycles. The third kappa shape index (κ3) is 2.51.